The molecule has 0 radical (unpaired) electrons. The molecular formula is C54H41N. The Kier molecular flexibility index (Phi) is 8.34. The van der Waals surface area contributed by atoms with Crippen LogP contribution in [0.3, 0.4) is 0 Å². The lowest BCUT2D eigenvalue weighted by Gasteiger charge is -2.18. The SMILES string of the molecule is CCCCn1c2ccccc2c2cc(-c3ccc(-c4ccc(-c5c6ccccc6c(-c6ccc(-c7ccccc7)cc6)c6ccccc56)cc4)cc3)ccc21. The van der Waals surface area contributed by atoms with Crippen LogP contribution in [0.2, 0.25) is 0 Å². The maximum atomic E-state index is 2.50. The molecule has 262 valence electrons. The summed E-state index contributed by atoms with van der Waals surface area (Å²) in [5.74, 6) is 0. The zero-order valence-electron chi connectivity index (χ0n) is 31.0. The Hall–Kier alpha value is -6.70. The molecule has 0 aliphatic rings. The first-order valence-electron chi connectivity index (χ1n) is 19.6. The van der Waals surface area contributed by atoms with Crippen molar-refractivity contribution in [2.24, 2.45) is 0 Å². The molecular weight excluding hydrogens is 663 g/mol. The van der Waals surface area contributed by atoms with E-state index in [2.05, 4.69) is 206 Å². The molecule has 0 N–H and O–H groups in total. The van der Waals surface area contributed by atoms with Crippen LogP contribution >= 0.6 is 0 Å². The number of nitrogens with zero attached hydrogens (tertiary/aromatic N) is 1. The molecule has 0 unspecified atom stereocenters. The molecule has 1 nitrogen and oxygen atoms in total. The second kappa shape index (κ2) is 13.9. The van der Waals surface area contributed by atoms with Crippen LogP contribution < -0.4 is 0 Å². The number of fused-ring (bicyclic) bond motifs is 5. The van der Waals surface area contributed by atoms with Crippen LogP contribution in [0.25, 0.3) is 99.0 Å². The van der Waals surface area contributed by atoms with E-state index in [4.69, 9.17) is 0 Å². The number of hydrogen-bond donors (Lipinski definition) is 0. The van der Waals surface area contributed by atoms with Crippen LogP contribution in [-0.2, 0) is 6.54 Å². The van der Waals surface area contributed by atoms with Gasteiger partial charge >= 0.3 is 0 Å². The zero-order chi connectivity index (χ0) is 36.7. The topological polar surface area (TPSA) is 4.93 Å². The third-order valence-corrected chi connectivity index (χ3v) is 11.4. The fourth-order valence-electron chi connectivity index (χ4n) is 8.69. The quantitative estimate of drug-likeness (QED) is 0.139. The van der Waals surface area contributed by atoms with Crippen molar-refractivity contribution in [3.63, 3.8) is 0 Å². The van der Waals surface area contributed by atoms with E-state index in [9.17, 15) is 0 Å². The van der Waals surface area contributed by atoms with Gasteiger partial charge in [-0.1, -0.05) is 189 Å². The molecule has 0 amide bonds. The molecule has 10 aromatic rings. The number of aromatic nitrogens is 1. The first-order valence-corrected chi connectivity index (χ1v) is 19.6. The number of aryl methyl sites for hydroxylation is 1. The normalized spacial score (nSPS) is 11.6. The Morgan fingerprint density at radius 2 is 0.673 bits per heavy atom. The first-order chi connectivity index (χ1) is 27.2. The highest BCUT2D eigenvalue weighted by Gasteiger charge is 2.17. The van der Waals surface area contributed by atoms with E-state index in [-0.39, 0.29) is 0 Å². The van der Waals surface area contributed by atoms with Gasteiger partial charge in [-0.25, -0.2) is 0 Å². The summed E-state index contributed by atoms with van der Waals surface area (Å²) in [6.07, 6.45) is 2.37. The number of unbranched alkanes of at least 4 members (excludes halogenated alkanes) is 1. The molecule has 0 atom stereocenters. The van der Waals surface area contributed by atoms with Crippen molar-refractivity contribution >= 4 is 43.4 Å². The molecule has 1 aromatic heterocycles. The molecule has 10 rings (SSSR count). The van der Waals surface area contributed by atoms with Crippen molar-refractivity contribution in [2.45, 2.75) is 26.3 Å². The fraction of sp³-hybridized carbons (Fsp3) is 0.0741. The van der Waals surface area contributed by atoms with Gasteiger partial charge in [-0.15, -0.1) is 0 Å². The summed E-state index contributed by atoms with van der Waals surface area (Å²) < 4.78 is 2.50. The Bertz CT molecular complexity index is 2910. The van der Waals surface area contributed by atoms with Gasteiger partial charge in [0.2, 0.25) is 0 Å². The van der Waals surface area contributed by atoms with E-state index >= 15 is 0 Å². The zero-order valence-corrected chi connectivity index (χ0v) is 31.0. The third kappa shape index (κ3) is 5.81. The molecule has 0 saturated heterocycles. The molecule has 0 fully saturated rings. The van der Waals surface area contributed by atoms with Crippen molar-refractivity contribution in [3.8, 4) is 55.6 Å². The van der Waals surface area contributed by atoms with Crippen LogP contribution in [0.15, 0.2) is 194 Å². The Morgan fingerprint density at radius 3 is 1.16 bits per heavy atom. The van der Waals surface area contributed by atoms with Gasteiger partial charge in [-0.3, -0.25) is 0 Å². The van der Waals surface area contributed by atoms with E-state index < -0.39 is 0 Å². The van der Waals surface area contributed by atoms with Crippen LogP contribution in [0.4, 0.5) is 0 Å². The lowest BCUT2D eigenvalue weighted by atomic mass is 9.85. The summed E-state index contributed by atoms with van der Waals surface area (Å²) in [4.78, 5) is 0. The van der Waals surface area contributed by atoms with Gasteiger partial charge < -0.3 is 4.57 Å². The highest BCUT2D eigenvalue weighted by atomic mass is 15.0. The van der Waals surface area contributed by atoms with Gasteiger partial charge in [0, 0.05) is 28.4 Å². The highest BCUT2D eigenvalue weighted by molar-refractivity contribution is 6.21. The Morgan fingerprint density at radius 1 is 0.309 bits per heavy atom. The number of benzene rings is 9. The predicted molar refractivity (Wildman–Crippen MR) is 237 cm³/mol. The molecule has 9 aromatic carbocycles. The van der Waals surface area contributed by atoms with Gasteiger partial charge in [0.1, 0.15) is 0 Å². The maximum Gasteiger partial charge on any atom is 0.0491 e. The fourth-order valence-corrected chi connectivity index (χ4v) is 8.69. The Labute approximate surface area is 322 Å². The second-order valence-electron chi connectivity index (χ2n) is 14.7. The van der Waals surface area contributed by atoms with E-state index in [1.807, 2.05) is 0 Å². The predicted octanol–water partition coefficient (Wildman–Crippen LogP) is 15.2. The average molecular weight is 704 g/mol. The molecule has 1 heteroatoms. The molecule has 0 aliphatic heterocycles. The summed E-state index contributed by atoms with van der Waals surface area (Å²) in [6, 6.07) is 71.5. The molecule has 0 bridgehead atoms. The van der Waals surface area contributed by atoms with E-state index in [0.29, 0.717) is 0 Å². The highest BCUT2D eigenvalue weighted by Crippen LogP contribution is 2.44. The summed E-state index contributed by atoms with van der Waals surface area (Å²) >= 11 is 0. The van der Waals surface area contributed by atoms with Crippen molar-refractivity contribution in [3.05, 3.63) is 194 Å². The molecule has 55 heavy (non-hydrogen) atoms. The van der Waals surface area contributed by atoms with Crippen molar-refractivity contribution in [2.75, 3.05) is 0 Å². The number of rotatable bonds is 8. The van der Waals surface area contributed by atoms with Gasteiger partial charge in [0.05, 0.1) is 0 Å². The Balaban J connectivity index is 0.992. The van der Waals surface area contributed by atoms with Crippen molar-refractivity contribution < 1.29 is 0 Å². The number of para-hydroxylation sites is 1. The molecule has 1 heterocycles. The molecule has 0 spiro atoms. The third-order valence-electron chi connectivity index (χ3n) is 11.4. The van der Waals surface area contributed by atoms with Gasteiger partial charge in [-0.05, 0) is 102 Å². The minimum absolute atomic E-state index is 1.05. The maximum absolute atomic E-state index is 2.50. The lowest BCUT2D eigenvalue weighted by Crippen LogP contribution is -1.96. The standard InChI is InChI=1S/C54H41N/c1-2-3-35-55-51-20-12-11-15-45(51)50-36-44(33-34-52(50)55)41-23-21-39(22-24-41)40-27-31-43(32-28-40)54-48-18-9-7-16-46(48)53(47-17-8-10-19-49(47)54)42-29-25-38(26-30-42)37-13-5-4-6-14-37/h4-34,36H,2-3,35H2,1H3. The minimum atomic E-state index is 1.05. The summed E-state index contributed by atoms with van der Waals surface area (Å²) in [5, 5.41) is 7.74. The first kappa shape index (κ1) is 32.9. The average Bonchev–Trinajstić information content (AvgIpc) is 3.58. The van der Waals surface area contributed by atoms with Crippen LogP contribution in [-0.4, -0.2) is 4.57 Å². The lowest BCUT2D eigenvalue weighted by molar-refractivity contribution is 0.665. The molecule has 0 aliphatic carbocycles. The van der Waals surface area contributed by atoms with Crippen LogP contribution in [0.1, 0.15) is 19.8 Å². The van der Waals surface area contributed by atoms with E-state index in [1.165, 1.54) is 112 Å². The number of hydrogen-bond acceptors (Lipinski definition) is 0. The minimum Gasteiger partial charge on any atom is -0.340 e. The van der Waals surface area contributed by atoms with Crippen LogP contribution in [0.5, 0.6) is 0 Å². The van der Waals surface area contributed by atoms with Crippen LogP contribution in [0, 0.1) is 0 Å². The van der Waals surface area contributed by atoms with Crippen molar-refractivity contribution in [1.29, 1.82) is 0 Å². The van der Waals surface area contributed by atoms with Crippen molar-refractivity contribution in [1.82, 2.24) is 4.57 Å². The second-order valence-corrected chi connectivity index (χ2v) is 14.7. The largest absolute Gasteiger partial charge is 0.340 e. The summed E-state index contributed by atoms with van der Waals surface area (Å²) in [5.41, 5.74) is 15.1. The van der Waals surface area contributed by atoms with Gasteiger partial charge in [0.25, 0.3) is 0 Å². The smallest absolute Gasteiger partial charge is 0.0491 e. The molecule has 0 saturated carbocycles. The summed E-state index contributed by atoms with van der Waals surface area (Å²) in [6.45, 7) is 3.31. The van der Waals surface area contributed by atoms with E-state index in [0.717, 1.165) is 6.54 Å². The monoisotopic (exact) mass is 703 g/mol. The van der Waals surface area contributed by atoms with E-state index in [1.54, 1.807) is 0 Å². The van der Waals surface area contributed by atoms with Gasteiger partial charge in [0.15, 0.2) is 0 Å². The summed E-state index contributed by atoms with van der Waals surface area (Å²) in [7, 11) is 0. The van der Waals surface area contributed by atoms with Gasteiger partial charge in [-0.2, -0.15) is 0 Å².